The quantitative estimate of drug-likeness (QED) is 0.783. The third-order valence-corrected chi connectivity index (χ3v) is 2.54. The number of hydrogen-bond donors (Lipinski definition) is 0. The molecule has 0 aliphatic heterocycles. The van der Waals surface area contributed by atoms with Crippen molar-refractivity contribution >= 4 is 27.5 Å². The first-order valence-electron chi connectivity index (χ1n) is 3.10. The molecule has 0 bridgehead atoms. The average molecular weight is 267 g/mol. The lowest BCUT2D eigenvalue weighted by atomic mass is 10.2. The first-order valence-corrected chi connectivity index (χ1v) is 4.27. The van der Waals surface area contributed by atoms with Crippen LogP contribution in [0.1, 0.15) is 17.7 Å². The van der Waals surface area contributed by atoms with Gasteiger partial charge in [0, 0.05) is 6.20 Å². The summed E-state index contributed by atoms with van der Waals surface area (Å²) in [7, 11) is 0. The molecule has 0 atom stereocenters. The van der Waals surface area contributed by atoms with Gasteiger partial charge in [-0.15, -0.1) is 0 Å². The molecule has 0 amide bonds. The van der Waals surface area contributed by atoms with Crippen molar-refractivity contribution in [2.45, 2.75) is 6.43 Å². The number of nitriles is 1. The molecule has 1 heterocycles. The van der Waals surface area contributed by atoms with Crippen LogP contribution in [0, 0.1) is 11.3 Å². The molecule has 0 aromatic carbocycles. The molecule has 0 aliphatic rings. The summed E-state index contributed by atoms with van der Waals surface area (Å²) >= 11 is 8.58. The second kappa shape index (κ2) is 3.99. The minimum atomic E-state index is -2.79. The predicted molar refractivity (Wildman–Crippen MR) is 46.6 cm³/mol. The standard InChI is InChI=1S/C7H2BrClF2N2/c8-4-2-13-6(7(10)11)3(1-12)5(4)9/h2,7H. The molecule has 1 rings (SSSR count). The molecule has 0 aliphatic carbocycles. The van der Waals surface area contributed by atoms with Crippen LogP contribution < -0.4 is 0 Å². The number of nitrogens with zero attached hydrogens (tertiary/aromatic N) is 2. The Balaban J connectivity index is 3.41. The second-order valence-corrected chi connectivity index (χ2v) is 3.33. The third-order valence-electron chi connectivity index (χ3n) is 1.32. The molecule has 0 saturated carbocycles. The molecular weight excluding hydrogens is 265 g/mol. The fraction of sp³-hybridized carbons (Fsp3) is 0.143. The molecule has 0 N–H and O–H groups in total. The molecule has 2 nitrogen and oxygen atoms in total. The highest BCUT2D eigenvalue weighted by molar-refractivity contribution is 9.10. The van der Waals surface area contributed by atoms with Crippen LogP contribution in [0.3, 0.4) is 0 Å². The zero-order valence-corrected chi connectivity index (χ0v) is 8.40. The first kappa shape index (κ1) is 10.4. The Labute approximate surface area is 86.3 Å². The van der Waals surface area contributed by atoms with Gasteiger partial charge in [-0.05, 0) is 15.9 Å². The maximum atomic E-state index is 12.2. The van der Waals surface area contributed by atoms with Crippen LogP contribution in [0.25, 0.3) is 0 Å². The minimum absolute atomic E-state index is 0.0344. The molecule has 6 heteroatoms. The summed E-state index contributed by atoms with van der Waals surface area (Å²) in [6.45, 7) is 0. The van der Waals surface area contributed by atoms with Gasteiger partial charge in [0.15, 0.2) is 0 Å². The van der Waals surface area contributed by atoms with Gasteiger partial charge in [-0.25, -0.2) is 8.78 Å². The van der Waals surface area contributed by atoms with Gasteiger partial charge in [0.2, 0.25) is 0 Å². The Morgan fingerprint density at radius 2 is 2.23 bits per heavy atom. The van der Waals surface area contributed by atoms with Gasteiger partial charge in [-0.1, -0.05) is 11.6 Å². The predicted octanol–water partition coefficient (Wildman–Crippen LogP) is 3.31. The lowest BCUT2D eigenvalue weighted by Gasteiger charge is -2.03. The van der Waals surface area contributed by atoms with E-state index in [1.54, 1.807) is 6.07 Å². The molecule has 0 fully saturated rings. The Kier molecular flexibility index (Phi) is 3.17. The SMILES string of the molecule is N#Cc1c(C(F)F)ncc(Br)c1Cl. The summed E-state index contributed by atoms with van der Waals surface area (Å²) in [5.74, 6) is 0. The van der Waals surface area contributed by atoms with Crippen molar-refractivity contribution in [2.24, 2.45) is 0 Å². The Bertz CT molecular complexity index is 375. The first-order chi connectivity index (χ1) is 6.07. The molecule has 0 unspecified atom stereocenters. The molecule has 0 saturated heterocycles. The number of rotatable bonds is 1. The smallest absolute Gasteiger partial charge is 0.253 e. The van der Waals surface area contributed by atoms with E-state index in [4.69, 9.17) is 16.9 Å². The second-order valence-electron chi connectivity index (χ2n) is 2.09. The van der Waals surface area contributed by atoms with Crippen molar-refractivity contribution in [1.29, 1.82) is 5.26 Å². The van der Waals surface area contributed by atoms with Crippen LogP contribution in [0.4, 0.5) is 8.78 Å². The van der Waals surface area contributed by atoms with E-state index in [0.717, 1.165) is 6.20 Å². The van der Waals surface area contributed by atoms with Crippen molar-refractivity contribution in [2.75, 3.05) is 0 Å². The summed E-state index contributed by atoms with van der Waals surface area (Å²) in [6.07, 6.45) is -1.65. The number of aromatic nitrogens is 1. The summed E-state index contributed by atoms with van der Waals surface area (Å²) in [4.78, 5) is 3.41. The maximum Gasteiger partial charge on any atom is 0.281 e. The van der Waals surface area contributed by atoms with E-state index in [-0.39, 0.29) is 10.6 Å². The Morgan fingerprint density at radius 1 is 1.62 bits per heavy atom. The van der Waals surface area contributed by atoms with Gasteiger partial charge in [0.05, 0.1) is 15.1 Å². The fourth-order valence-electron chi connectivity index (χ4n) is 0.751. The van der Waals surface area contributed by atoms with E-state index in [0.29, 0.717) is 4.47 Å². The van der Waals surface area contributed by atoms with E-state index in [1.807, 2.05) is 0 Å². The average Bonchev–Trinajstić information content (AvgIpc) is 2.09. The van der Waals surface area contributed by atoms with Gasteiger partial charge in [0.25, 0.3) is 6.43 Å². The van der Waals surface area contributed by atoms with Gasteiger partial charge >= 0.3 is 0 Å². The lowest BCUT2D eigenvalue weighted by Crippen LogP contribution is -1.96. The van der Waals surface area contributed by atoms with E-state index < -0.39 is 12.1 Å². The topological polar surface area (TPSA) is 36.7 Å². The summed E-state index contributed by atoms with van der Waals surface area (Å²) < 4.78 is 24.8. The van der Waals surface area contributed by atoms with Crippen LogP contribution in [0.15, 0.2) is 10.7 Å². The fourth-order valence-corrected chi connectivity index (χ4v) is 1.24. The highest BCUT2D eigenvalue weighted by Gasteiger charge is 2.18. The van der Waals surface area contributed by atoms with Crippen LogP contribution in [0.5, 0.6) is 0 Å². The highest BCUT2D eigenvalue weighted by Crippen LogP contribution is 2.30. The van der Waals surface area contributed by atoms with E-state index in [1.165, 1.54) is 0 Å². The largest absolute Gasteiger partial charge is 0.281 e. The van der Waals surface area contributed by atoms with Crippen LogP contribution in [-0.2, 0) is 0 Å². The molecule has 0 spiro atoms. The lowest BCUT2D eigenvalue weighted by molar-refractivity contribution is 0.145. The van der Waals surface area contributed by atoms with Crippen LogP contribution >= 0.6 is 27.5 Å². The number of hydrogen-bond acceptors (Lipinski definition) is 2. The molecule has 1 aromatic rings. The van der Waals surface area contributed by atoms with Crippen molar-refractivity contribution in [3.63, 3.8) is 0 Å². The van der Waals surface area contributed by atoms with E-state index >= 15 is 0 Å². The Hall–Kier alpha value is -0.730. The zero-order valence-electron chi connectivity index (χ0n) is 6.06. The monoisotopic (exact) mass is 266 g/mol. The molecule has 1 aromatic heterocycles. The molecule has 0 radical (unpaired) electrons. The molecular formula is C7H2BrClF2N2. The normalized spacial score (nSPS) is 10.2. The highest BCUT2D eigenvalue weighted by atomic mass is 79.9. The summed E-state index contributed by atoms with van der Waals surface area (Å²) in [5.41, 5.74) is -0.873. The van der Waals surface area contributed by atoms with E-state index in [2.05, 4.69) is 20.9 Å². The zero-order chi connectivity index (χ0) is 10.0. The van der Waals surface area contributed by atoms with Crippen molar-refractivity contribution in [3.05, 3.63) is 26.9 Å². The van der Waals surface area contributed by atoms with Gasteiger partial charge < -0.3 is 0 Å². The Morgan fingerprint density at radius 3 is 2.69 bits per heavy atom. The molecule has 68 valence electrons. The van der Waals surface area contributed by atoms with Gasteiger partial charge in [0.1, 0.15) is 11.8 Å². The number of alkyl halides is 2. The minimum Gasteiger partial charge on any atom is -0.253 e. The van der Waals surface area contributed by atoms with Gasteiger partial charge in [-0.2, -0.15) is 5.26 Å². The van der Waals surface area contributed by atoms with E-state index in [9.17, 15) is 8.78 Å². The maximum absolute atomic E-state index is 12.2. The van der Waals surface area contributed by atoms with Crippen molar-refractivity contribution in [1.82, 2.24) is 4.98 Å². The third kappa shape index (κ3) is 1.95. The van der Waals surface area contributed by atoms with Crippen LogP contribution in [0.2, 0.25) is 5.02 Å². The summed E-state index contributed by atoms with van der Waals surface area (Å²) in [5, 5.41) is 8.51. The van der Waals surface area contributed by atoms with Crippen molar-refractivity contribution < 1.29 is 8.78 Å². The molecule has 13 heavy (non-hydrogen) atoms. The van der Waals surface area contributed by atoms with Crippen LogP contribution in [-0.4, -0.2) is 4.98 Å². The summed E-state index contributed by atoms with van der Waals surface area (Å²) in [6, 6.07) is 1.58. The number of halogens is 4. The van der Waals surface area contributed by atoms with Gasteiger partial charge in [-0.3, -0.25) is 4.98 Å². The van der Waals surface area contributed by atoms with Crippen molar-refractivity contribution in [3.8, 4) is 6.07 Å². The number of pyridine rings is 1.